The van der Waals surface area contributed by atoms with Gasteiger partial charge in [0.05, 0.1) is 74.6 Å². The smallest absolute Gasteiger partial charge is 0.295 e. The predicted octanol–water partition coefficient (Wildman–Crippen LogP) is 11.5. The molecule has 25 nitrogen and oxygen atoms in total. The highest BCUT2D eigenvalue weighted by molar-refractivity contribution is 7.89. The number of ether oxygens (including phenoxy) is 7. The molecule has 3 aromatic heterocycles. The summed E-state index contributed by atoms with van der Waals surface area (Å²) in [5.41, 5.74) is 9.99. The van der Waals surface area contributed by atoms with Crippen LogP contribution >= 0.6 is 0 Å². The van der Waals surface area contributed by atoms with Crippen molar-refractivity contribution >= 4 is 48.4 Å². The number of hydrogen-bond donors (Lipinski definition) is 1. The van der Waals surface area contributed by atoms with Crippen molar-refractivity contribution in [3.63, 3.8) is 0 Å². The first kappa shape index (κ1) is 85.5. The highest BCUT2D eigenvalue weighted by atomic mass is 32.2. The molecule has 0 bridgehead atoms. The van der Waals surface area contributed by atoms with Crippen molar-refractivity contribution in [2.45, 2.75) is 75.9 Å². The summed E-state index contributed by atoms with van der Waals surface area (Å²) in [5.74, 6) is 3.96. The van der Waals surface area contributed by atoms with Gasteiger partial charge in [-0.15, -0.1) is 0 Å². The molecule has 1 N–H and O–H groups in total. The Morgan fingerprint density at radius 2 is 0.708 bits per heavy atom. The van der Waals surface area contributed by atoms with Gasteiger partial charge >= 0.3 is 0 Å². The molecule has 0 aliphatic carbocycles. The zero-order valence-electron chi connectivity index (χ0n) is 62.9. The first-order valence-electron chi connectivity index (χ1n) is 33.6. The number of carbonyl (C=O) groups is 3. The molecule has 0 fully saturated rings. The van der Waals surface area contributed by atoms with Crippen molar-refractivity contribution in [2.24, 2.45) is 0 Å². The molecule has 0 saturated heterocycles. The van der Waals surface area contributed by atoms with Gasteiger partial charge in [0.2, 0.25) is 41.9 Å². The molecule has 9 rings (SSSR count). The zero-order valence-corrected chi connectivity index (χ0v) is 65.3. The fraction of sp³-hybridized carbons (Fsp3) is 0.346. The molecular weight excluding hydrogens is 1420 g/mol. The van der Waals surface area contributed by atoms with Crippen LogP contribution in [0.2, 0.25) is 0 Å². The summed E-state index contributed by atoms with van der Waals surface area (Å²) < 4.78 is 133. The largest absolute Gasteiger partial charge is 0.497 e. The average molecular weight is 1520 g/mol. The number of nitrogens with zero attached hydrogens (tertiary/aromatic N) is 5. The average Bonchev–Trinajstić information content (AvgIpc) is 0.881. The number of rotatable bonds is 34. The van der Waals surface area contributed by atoms with Crippen molar-refractivity contribution in [2.75, 3.05) is 123 Å². The van der Waals surface area contributed by atoms with Crippen LogP contribution in [-0.2, 0) is 83.0 Å². The van der Waals surface area contributed by atoms with Crippen molar-refractivity contribution in [1.29, 1.82) is 0 Å². The summed E-state index contributed by atoms with van der Waals surface area (Å²) in [5, 5.41) is 3.11. The molecule has 572 valence electrons. The Bertz CT molecular complexity index is 4310. The van der Waals surface area contributed by atoms with E-state index >= 15 is 0 Å². The van der Waals surface area contributed by atoms with Crippen LogP contribution in [0.5, 0.6) is 17.2 Å². The van der Waals surface area contributed by atoms with Crippen LogP contribution in [0.25, 0.3) is 34.0 Å². The Hall–Kier alpha value is -9.46. The van der Waals surface area contributed by atoms with Crippen LogP contribution < -0.4 is 19.5 Å². The van der Waals surface area contributed by atoms with Gasteiger partial charge in [-0.3, -0.25) is 14.4 Å². The normalized spacial score (nSPS) is 11.4. The van der Waals surface area contributed by atoms with Crippen molar-refractivity contribution < 1.29 is 86.0 Å². The lowest BCUT2D eigenvalue weighted by atomic mass is 10.1. The lowest BCUT2D eigenvalue weighted by molar-refractivity contribution is -0.140. The zero-order chi connectivity index (χ0) is 77.7. The van der Waals surface area contributed by atoms with Gasteiger partial charge in [0.15, 0.2) is 6.79 Å². The summed E-state index contributed by atoms with van der Waals surface area (Å²) in [6, 6.07) is 45.4. The highest BCUT2D eigenvalue weighted by Crippen LogP contribution is 2.32. The molecule has 0 aliphatic rings. The summed E-state index contributed by atoms with van der Waals surface area (Å²) in [6.45, 7) is 12.7. The number of benzene rings is 6. The number of carbonyl (C=O) groups excluding carboxylic acids is 3. The Kier molecular flexibility index (Phi) is 33.4. The van der Waals surface area contributed by atoms with Crippen LogP contribution in [-0.4, -0.2) is 189 Å². The second kappa shape index (κ2) is 41.4. The monoisotopic (exact) mass is 1520 g/mol. The highest BCUT2D eigenvalue weighted by Gasteiger charge is 2.29. The van der Waals surface area contributed by atoms with Crippen LogP contribution in [0.1, 0.15) is 50.1 Å². The van der Waals surface area contributed by atoms with Gasteiger partial charge in [-0.2, -0.15) is 12.9 Å². The molecule has 3 heterocycles. The van der Waals surface area contributed by atoms with E-state index in [2.05, 4.69) is 34.3 Å². The maximum absolute atomic E-state index is 13.1. The topological polar surface area (TPSA) is 286 Å². The van der Waals surface area contributed by atoms with Gasteiger partial charge in [0, 0.05) is 91.2 Å². The third kappa shape index (κ3) is 24.6. The number of hydrogen-bond acceptors (Lipinski definition) is 20. The molecule has 9 aromatic rings. The summed E-state index contributed by atoms with van der Waals surface area (Å²) >= 11 is 0. The number of likely N-dealkylation sites (N-methyl/N-ethyl adjacent to an activating group) is 5. The lowest BCUT2D eigenvalue weighted by Crippen LogP contribution is -2.33. The van der Waals surface area contributed by atoms with Gasteiger partial charge in [0.1, 0.15) is 47.7 Å². The first-order chi connectivity index (χ1) is 50.5. The van der Waals surface area contributed by atoms with E-state index in [1.165, 1.54) is 46.7 Å². The maximum Gasteiger partial charge on any atom is 0.295 e. The maximum atomic E-state index is 13.1. The van der Waals surface area contributed by atoms with E-state index in [1.807, 2.05) is 92.0 Å². The molecule has 28 heteroatoms. The van der Waals surface area contributed by atoms with Gasteiger partial charge in [-0.05, 0) is 171 Å². The fourth-order valence-corrected chi connectivity index (χ4v) is 15.7. The Morgan fingerprint density at radius 1 is 0.425 bits per heavy atom. The lowest BCUT2D eigenvalue weighted by Gasteiger charge is -2.21. The first-order valence-corrected chi connectivity index (χ1v) is 38.0. The predicted molar refractivity (Wildman–Crippen MR) is 405 cm³/mol. The van der Waals surface area contributed by atoms with E-state index < -0.39 is 30.1 Å². The number of methoxy groups -OCH3 is 3. The Balaban J connectivity index is 0.000000233. The minimum atomic E-state index is -3.71. The molecule has 106 heavy (non-hydrogen) atoms. The SMILES string of the molecule is CNCc1ccc(-c2ccco2)cc1.COc1cc(C)c(S(=O)(=O)N(C)CCOCC(=O)N(C)Cc2ccc(-c3ccco3)cc2)c(C)c1.COc1cc(C)c(S(=O)(=O)N(C)CCOCC(=O)N(C)Cc2ccc(-c3ccco3)cc2)c(C)c1.COc1cc(C)c(S(=O)(=O)N(C)CCOCOC=O)c(C)c1. The molecule has 0 spiro atoms. The molecule has 0 unspecified atom stereocenters. The molecular formula is C78H98N6O19S3. The van der Waals surface area contributed by atoms with E-state index in [0.717, 1.165) is 51.6 Å². The van der Waals surface area contributed by atoms with Crippen molar-refractivity contribution in [3.8, 4) is 51.2 Å². The second-order valence-electron chi connectivity index (χ2n) is 24.7. The van der Waals surface area contributed by atoms with Crippen molar-refractivity contribution in [3.05, 3.63) is 214 Å². The van der Waals surface area contributed by atoms with E-state index in [9.17, 15) is 39.6 Å². The Morgan fingerprint density at radius 3 is 0.962 bits per heavy atom. The van der Waals surface area contributed by atoms with Crippen LogP contribution in [0.15, 0.2) is 192 Å². The number of amides is 2. The van der Waals surface area contributed by atoms with Crippen LogP contribution in [0.3, 0.4) is 0 Å². The van der Waals surface area contributed by atoms with E-state index in [1.54, 1.807) is 135 Å². The molecule has 6 aromatic carbocycles. The van der Waals surface area contributed by atoms with Gasteiger partial charge < -0.3 is 61.5 Å². The second-order valence-corrected chi connectivity index (χ2v) is 30.6. The summed E-state index contributed by atoms with van der Waals surface area (Å²) in [6.07, 6.45) is 4.95. The van der Waals surface area contributed by atoms with E-state index in [-0.39, 0.29) is 92.4 Å². The van der Waals surface area contributed by atoms with E-state index in [0.29, 0.717) is 63.7 Å². The van der Waals surface area contributed by atoms with Gasteiger partial charge in [0.25, 0.3) is 6.47 Å². The van der Waals surface area contributed by atoms with Crippen LogP contribution in [0.4, 0.5) is 0 Å². The van der Waals surface area contributed by atoms with Crippen LogP contribution in [0, 0.1) is 41.5 Å². The van der Waals surface area contributed by atoms with Gasteiger partial charge in [-0.1, -0.05) is 72.8 Å². The fourth-order valence-electron chi connectivity index (χ4n) is 11.0. The molecule has 0 saturated carbocycles. The molecule has 0 radical (unpaired) electrons. The number of furan rings is 3. The molecule has 0 atom stereocenters. The molecule has 0 aliphatic heterocycles. The minimum absolute atomic E-state index is 0.0986. The Labute approximate surface area is 623 Å². The molecule has 2 amide bonds. The van der Waals surface area contributed by atoms with Gasteiger partial charge in [-0.25, -0.2) is 25.3 Å². The van der Waals surface area contributed by atoms with E-state index in [4.69, 9.17) is 41.7 Å². The summed E-state index contributed by atoms with van der Waals surface area (Å²) in [7, 11) is 3.42. The van der Waals surface area contributed by atoms with Crippen molar-refractivity contribution in [1.82, 2.24) is 28.0 Å². The number of nitrogens with one attached hydrogen (secondary N) is 1. The third-order valence-corrected chi connectivity index (χ3v) is 23.2. The minimum Gasteiger partial charge on any atom is -0.497 e. The third-order valence-electron chi connectivity index (χ3n) is 16.7. The quantitative estimate of drug-likeness (QED) is 0.0223. The number of sulfonamides is 3. The number of aryl methyl sites for hydroxylation is 6. The summed E-state index contributed by atoms with van der Waals surface area (Å²) in [4.78, 5) is 38.8. The standard InChI is InChI=1S/2C26H32N2O6S.C14H21NO6S.C12H13NO/c2*1-19-15-23(32-5)16-20(2)26(19)35(30,31)28(4)12-14-33-18-25(29)27(3)17-21-8-10-22(11-9-21)24-7-6-13-34-24;1-11-7-13(19-4)8-12(2)14(11)22(17,18)15(3)5-6-20-10-21-9-16;1-13-9-10-4-6-11(7-5-10)12-3-2-8-14-12/h2*6-11,13,15-16H,12,14,17-18H2,1-5H3;7-9H,5-6,10H2,1-4H3;2-8,13H,9H2,1H3.